The highest BCUT2D eigenvalue weighted by molar-refractivity contribution is 7.13. The highest BCUT2D eigenvalue weighted by Gasteiger charge is 2.27. The first kappa shape index (κ1) is 11.8. The quantitative estimate of drug-likeness (QED) is 0.832. The number of morpholine rings is 1. The van der Waals surface area contributed by atoms with Gasteiger partial charge in [0, 0.05) is 6.54 Å². The maximum Gasteiger partial charge on any atom is 0.246 e. The fourth-order valence-corrected chi connectivity index (χ4v) is 2.86. The summed E-state index contributed by atoms with van der Waals surface area (Å²) in [6.45, 7) is 4.32. The lowest BCUT2D eigenvalue weighted by Gasteiger charge is -2.29. The number of hydrogen-bond donors (Lipinski definition) is 0. The second kappa shape index (κ2) is 4.79. The predicted molar refractivity (Wildman–Crippen MR) is 68.5 cm³/mol. The molecule has 0 saturated carbocycles. The van der Waals surface area contributed by atoms with E-state index < -0.39 is 0 Å². The van der Waals surface area contributed by atoms with Crippen LogP contribution in [-0.2, 0) is 4.74 Å². The molecule has 1 atom stereocenters. The van der Waals surface area contributed by atoms with Crippen LogP contribution >= 0.6 is 11.3 Å². The molecule has 0 aliphatic carbocycles. The number of aryl methyl sites for hydroxylation is 1. The van der Waals surface area contributed by atoms with Crippen LogP contribution in [0, 0.1) is 6.92 Å². The van der Waals surface area contributed by atoms with E-state index >= 15 is 0 Å². The summed E-state index contributed by atoms with van der Waals surface area (Å²) in [5.41, 5.74) is 1.18. The summed E-state index contributed by atoms with van der Waals surface area (Å²) in [5, 5.41) is 6.11. The third-order valence-electron chi connectivity index (χ3n) is 3.19. The Morgan fingerprint density at radius 2 is 2.39 bits per heavy atom. The van der Waals surface area contributed by atoms with Crippen molar-refractivity contribution in [2.75, 3.05) is 26.8 Å². The Balaban J connectivity index is 1.87. The van der Waals surface area contributed by atoms with Crippen molar-refractivity contribution >= 4 is 11.3 Å². The van der Waals surface area contributed by atoms with Crippen molar-refractivity contribution in [1.82, 2.24) is 15.0 Å². The summed E-state index contributed by atoms with van der Waals surface area (Å²) in [7, 11) is 2.05. The van der Waals surface area contributed by atoms with E-state index in [1.165, 1.54) is 5.56 Å². The normalized spacial score (nSPS) is 21.3. The molecule has 2 aromatic rings. The second-order valence-corrected chi connectivity index (χ2v) is 5.38. The lowest BCUT2D eigenvalue weighted by Crippen LogP contribution is -2.36. The van der Waals surface area contributed by atoms with Gasteiger partial charge in [-0.25, -0.2) is 0 Å². The minimum Gasteiger partial charge on any atom is -0.378 e. The number of thiophene rings is 1. The Morgan fingerprint density at radius 1 is 1.50 bits per heavy atom. The van der Waals surface area contributed by atoms with Gasteiger partial charge < -0.3 is 9.26 Å². The molecule has 0 unspecified atom stereocenters. The minimum absolute atomic E-state index is 0.0697. The molecular weight excluding hydrogens is 250 g/mol. The molecule has 5 nitrogen and oxygen atoms in total. The van der Waals surface area contributed by atoms with Gasteiger partial charge in [-0.2, -0.15) is 4.98 Å². The van der Waals surface area contributed by atoms with Crippen LogP contribution < -0.4 is 0 Å². The zero-order valence-electron chi connectivity index (χ0n) is 10.4. The van der Waals surface area contributed by atoms with Crippen molar-refractivity contribution in [2.24, 2.45) is 0 Å². The Kier molecular flexibility index (Phi) is 3.15. The molecule has 1 aliphatic rings. The van der Waals surface area contributed by atoms with E-state index in [1.54, 1.807) is 11.3 Å². The number of rotatable bonds is 2. The van der Waals surface area contributed by atoms with Gasteiger partial charge >= 0.3 is 0 Å². The van der Waals surface area contributed by atoms with Gasteiger partial charge in [-0.15, -0.1) is 11.3 Å². The van der Waals surface area contributed by atoms with Crippen LogP contribution in [0.5, 0.6) is 0 Å². The van der Waals surface area contributed by atoms with Gasteiger partial charge in [0.2, 0.25) is 11.7 Å². The Bertz CT molecular complexity index is 537. The van der Waals surface area contributed by atoms with Gasteiger partial charge in [-0.1, -0.05) is 5.16 Å². The molecule has 0 N–H and O–H groups in total. The standard InChI is InChI=1S/C12H15N3O2S/c1-8-3-6-18-10(8)11-13-12(17-14-11)9-7-16-5-4-15(9)2/h3,6,9H,4-5,7H2,1-2H3/t9-/m0/s1. The summed E-state index contributed by atoms with van der Waals surface area (Å²) in [6, 6.07) is 2.13. The van der Waals surface area contributed by atoms with Gasteiger partial charge in [-0.3, -0.25) is 4.90 Å². The highest BCUT2D eigenvalue weighted by Crippen LogP contribution is 2.29. The van der Waals surface area contributed by atoms with E-state index in [9.17, 15) is 0 Å². The number of likely N-dealkylation sites (N-methyl/N-ethyl adjacent to an activating group) is 1. The average Bonchev–Trinajstić information content (AvgIpc) is 2.98. The molecule has 1 saturated heterocycles. The van der Waals surface area contributed by atoms with Gasteiger partial charge in [0.15, 0.2) is 0 Å². The molecule has 0 radical (unpaired) electrons. The first-order valence-electron chi connectivity index (χ1n) is 5.92. The van der Waals surface area contributed by atoms with Crippen molar-refractivity contribution in [3.05, 3.63) is 22.9 Å². The van der Waals surface area contributed by atoms with E-state index in [0.717, 1.165) is 18.0 Å². The molecule has 0 amide bonds. The van der Waals surface area contributed by atoms with Crippen LogP contribution in [-0.4, -0.2) is 41.8 Å². The molecule has 18 heavy (non-hydrogen) atoms. The average molecular weight is 265 g/mol. The Morgan fingerprint density at radius 3 is 3.11 bits per heavy atom. The van der Waals surface area contributed by atoms with Gasteiger partial charge in [0.1, 0.15) is 6.04 Å². The highest BCUT2D eigenvalue weighted by atomic mass is 32.1. The summed E-state index contributed by atoms with van der Waals surface area (Å²) in [4.78, 5) is 7.75. The minimum atomic E-state index is 0.0697. The third-order valence-corrected chi connectivity index (χ3v) is 4.20. The SMILES string of the molecule is Cc1ccsc1-c1noc([C@@H]2COCCN2C)n1. The van der Waals surface area contributed by atoms with Crippen LogP contribution in [0.2, 0.25) is 0 Å². The molecule has 3 rings (SSSR count). The van der Waals surface area contributed by atoms with Crippen molar-refractivity contribution in [2.45, 2.75) is 13.0 Å². The molecule has 0 aromatic carbocycles. The van der Waals surface area contributed by atoms with Crippen molar-refractivity contribution in [3.63, 3.8) is 0 Å². The maximum absolute atomic E-state index is 5.46. The summed E-state index contributed by atoms with van der Waals surface area (Å²) in [5.74, 6) is 1.32. The molecule has 6 heteroatoms. The van der Waals surface area contributed by atoms with E-state index in [-0.39, 0.29) is 6.04 Å². The number of hydrogen-bond acceptors (Lipinski definition) is 6. The smallest absolute Gasteiger partial charge is 0.246 e. The first-order chi connectivity index (χ1) is 8.75. The van der Waals surface area contributed by atoms with Gasteiger partial charge in [-0.05, 0) is 31.0 Å². The second-order valence-electron chi connectivity index (χ2n) is 4.46. The molecule has 0 bridgehead atoms. The van der Waals surface area contributed by atoms with E-state index in [2.05, 4.69) is 28.0 Å². The van der Waals surface area contributed by atoms with Crippen LogP contribution in [0.1, 0.15) is 17.5 Å². The fraction of sp³-hybridized carbons (Fsp3) is 0.500. The maximum atomic E-state index is 5.46. The van der Waals surface area contributed by atoms with E-state index in [1.807, 2.05) is 12.4 Å². The summed E-state index contributed by atoms with van der Waals surface area (Å²) < 4.78 is 10.8. The van der Waals surface area contributed by atoms with E-state index in [0.29, 0.717) is 18.3 Å². The van der Waals surface area contributed by atoms with Gasteiger partial charge in [0.25, 0.3) is 0 Å². The van der Waals surface area contributed by atoms with Crippen LogP contribution in [0.3, 0.4) is 0 Å². The number of aromatic nitrogens is 2. The molecule has 1 fully saturated rings. The Hall–Kier alpha value is -1.24. The molecule has 0 spiro atoms. The third kappa shape index (κ3) is 2.07. The fourth-order valence-electron chi connectivity index (χ4n) is 2.01. The van der Waals surface area contributed by atoms with Crippen LogP contribution in [0.15, 0.2) is 16.0 Å². The summed E-state index contributed by atoms with van der Waals surface area (Å²) in [6.07, 6.45) is 0. The zero-order chi connectivity index (χ0) is 12.5. The molecule has 96 valence electrons. The first-order valence-corrected chi connectivity index (χ1v) is 6.79. The number of ether oxygens (including phenoxy) is 1. The lowest BCUT2D eigenvalue weighted by molar-refractivity contribution is -0.00665. The number of nitrogens with zero attached hydrogens (tertiary/aromatic N) is 3. The van der Waals surface area contributed by atoms with Crippen molar-refractivity contribution in [1.29, 1.82) is 0 Å². The zero-order valence-corrected chi connectivity index (χ0v) is 11.2. The van der Waals surface area contributed by atoms with Crippen LogP contribution in [0.25, 0.3) is 10.7 Å². The van der Waals surface area contributed by atoms with Crippen LogP contribution in [0.4, 0.5) is 0 Å². The predicted octanol–water partition coefficient (Wildman–Crippen LogP) is 2.11. The molecule has 3 heterocycles. The van der Waals surface area contributed by atoms with Crippen molar-refractivity contribution < 1.29 is 9.26 Å². The largest absolute Gasteiger partial charge is 0.378 e. The summed E-state index contributed by atoms with van der Waals surface area (Å²) >= 11 is 1.63. The topological polar surface area (TPSA) is 51.4 Å². The van der Waals surface area contributed by atoms with Gasteiger partial charge in [0.05, 0.1) is 18.1 Å². The van der Waals surface area contributed by atoms with E-state index in [4.69, 9.17) is 9.26 Å². The molecular formula is C12H15N3O2S. The molecule has 1 aliphatic heterocycles. The Labute approximate surface area is 109 Å². The van der Waals surface area contributed by atoms with Crippen molar-refractivity contribution in [3.8, 4) is 10.7 Å². The lowest BCUT2D eigenvalue weighted by atomic mass is 10.2. The monoisotopic (exact) mass is 265 g/mol. The molecule has 2 aromatic heterocycles.